The van der Waals surface area contributed by atoms with Gasteiger partial charge in [0.1, 0.15) is 17.2 Å². The molecule has 0 aliphatic rings. The van der Waals surface area contributed by atoms with Crippen molar-refractivity contribution in [3.63, 3.8) is 0 Å². The number of carbonyl (C=O) groups excluding carboxylic acids is 1. The molecule has 3 aromatic rings. The number of Topliss-reactive ketones (excluding diaryl/α,β-unsaturated/α-hetero) is 1. The first-order valence-electron chi connectivity index (χ1n) is 6.86. The van der Waals surface area contributed by atoms with Crippen LogP contribution in [0.15, 0.2) is 30.3 Å². The second-order valence-electron chi connectivity index (χ2n) is 5.24. The van der Waals surface area contributed by atoms with Gasteiger partial charge in [0.15, 0.2) is 5.78 Å². The quantitative estimate of drug-likeness (QED) is 0.415. The molecule has 0 bridgehead atoms. The molecular formula is C16H8Cl2F4N2O. The van der Waals surface area contributed by atoms with Gasteiger partial charge < -0.3 is 0 Å². The lowest BCUT2D eigenvalue weighted by atomic mass is 10.1. The summed E-state index contributed by atoms with van der Waals surface area (Å²) in [6.45, 7) is 1.20. The molecule has 0 saturated heterocycles. The Labute approximate surface area is 148 Å². The topological polar surface area (TPSA) is 34.9 Å². The molecule has 9 heteroatoms. The summed E-state index contributed by atoms with van der Waals surface area (Å²) >= 11 is 12.0. The van der Waals surface area contributed by atoms with E-state index >= 15 is 0 Å². The normalized spacial score (nSPS) is 12.0. The predicted molar refractivity (Wildman–Crippen MR) is 86.1 cm³/mol. The van der Waals surface area contributed by atoms with Gasteiger partial charge in [0.05, 0.1) is 26.5 Å². The lowest BCUT2D eigenvalue weighted by Crippen LogP contribution is -2.07. The zero-order valence-electron chi connectivity index (χ0n) is 12.5. The fourth-order valence-electron chi connectivity index (χ4n) is 2.48. The Kier molecular flexibility index (Phi) is 4.25. The molecule has 1 aromatic heterocycles. The first-order chi connectivity index (χ1) is 11.6. The molecule has 3 nitrogen and oxygen atoms in total. The van der Waals surface area contributed by atoms with Crippen molar-refractivity contribution in [2.24, 2.45) is 0 Å². The van der Waals surface area contributed by atoms with E-state index < -0.39 is 23.3 Å². The van der Waals surface area contributed by atoms with Crippen LogP contribution < -0.4 is 0 Å². The second kappa shape index (κ2) is 6.00. The zero-order chi connectivity index (χ0) is 18.5. The third kappa shape index (κ3) is 2.98. The number of aromatic nitrogens is 2. The highest BCUT2D eigenvalue weighted by Gasteiger charge is 2.32. The van der Waals surface area contributed by atoms with E-state index in [9.17, 15) is 22.4 Å². The van der Waals surface area contributed by atoms with Crippen molar-refractivity contribution in [3.05, 3.63) is 57.5 Å². The van der Waals surface area contributed by atoms with Crippen LogP contribution >= 0.6 is 23.2 Å². The van der Waals surface area contributed by atoms with Crippen LogP contribution in [0.25, 0.3) is 16.6 Å². The Hall–Kier alpha value is -2.12. The Morgan fingerprint density at radius 2 is 1.76 bits per heavy atom. The summed E-state index contributed by atoms with van der Waals surface area (Å²) in [5, 5.41) is 3.30. The van der Waals surface area contributed by atoms with Crippen LogP contribution in [-0.4, -0.2) is 15.6 Å². The minimum absolute atomic E-state index is 0.0537. The molecule has 130 valence electrons. The molecule has 0 aliphatic carbocycles. The third-order valence-electron chi connectivity index (χ3n) is 3.55. The van der Waals surface area contributed by atoms with Crippen LogP contribution in [0.2, 0.25) is 10.0 Å². The number of alkyl halides is 3. The smallest absolute Gasteiger partial charge is 0.293 e. The molecule has 0 fully saturated rings. The Balaban J connectivity index is 2.35. The van der Waals surface area contributed by atoms with Gasteiger partial charge in [0.25, 0.3) is 0 Å². The highest BCUT2D eigenvalue weighted by molar-refractivity contribution is 6.38. The standard InChI is InChI=1S/C16H8Cl2F4N2O/c1-7(25)14-13-11(19)3-2-4-12(13)24(23-14)15-9(17)5-8(6-10(15)18)16(20,21)22/h2-6H,1H3. The summed E-state index contributed by atoms with van der Waals surface area (Å²) in [7, 11) is 0. The number of halogens is 6. The van der Waals surface area contributed by atoms with E-state index in [-0.39, 0.29) is 32.3 Å². The number of carbonyl (C=O) groups is 1. The average molecular weight is 391 g/mol. The fourth-order valence-corrected chi connectivity index (χ4v) is 3.12. The van der Waals surface area contributed by atoms with E-state index in [0.29, 0.717) is 12.1 Å². The molecule has 0 saturated carbocycles. The minimum atomic E-state index is -4.63. The van der Waals surface area contributed by atoms with Gasteiger partial charge in [-0.05, 0) is 24.3 Å². The number of fused-ring (bicyclic) bond motifs is 1. The van der Waals surface area contributed by atoms with E-state index in [2.05, 4.69) is 5.10 Å². The van der Waals surface area contributed by atoms with Crippen molar-refractivity contribution < 1.29 is 22.4 Å². The number of ketones is 1. The molecule has 0 spiro atoms. The summed E-state index contributed by atoms with van der Waals surface area (Å²) in [6, 6.07) is 5.39. The lowest BCUT2D eigenvalue weighted by molar-refractivity contribution is -0.137. The highest BCUT2D eigenvalue weighted by Crippen LogP contribution is 2.38. The van der Waals surface area contributed by atoms with Crippen LogP contribution in [0.5, 0.6) is 0 Å². The summed E-state index contributed by atoms with van der Waals surface area (Å²) in [6.07, 6.45) is -4.63. The molecule has 2 aromatic carbocycles. The van der Waals surface area contributed by atoms with Gasteiger partial charge in [-0.1, -0.05) is 29.3 Å². The summed E-state index contributed by atoms with van der Waals surface area (Å²) < 4.78 is 53.8. The van der Waals surface area contributed by atoms with Gasteiger partial charge in [-0.25, -0.2) is 9.07 Å². The van der Waals surface area contributed by atoms with Gasteiger partial charge in [0.2, 0.25) is 0 Å². The van der Waals surface area contributed by atoms with Crippen molar-refractivity contribution in [2.75, 3.05) is 0 Å². The summed E-state index contributed by atoms with van der Waals surface area (Å²) in [4.78, 5) is 11.8. The molecule has 25 heavy (non-hydrogen) atoms. The van der Waals surface area contributed by atoms with Gasteiger partial charge >= 0.3 is 6.18 Å². The van der Waals surface area contributed by atoms with Gasteiger partial charge in [-0.3, -0.25) is 4.79 Å². The molecule has 0 amide bonds. The van der Waals surface area contributed by atoms with Crippen molar-refractivity contribution in [1.82, 2.24) is 9.78 Å². The van der Waals surface area contributed by atoms with Crippen molar-refractivity contribution in [2.45, 2.75) is 13.1 Å². The van der Waals surface area contributed by atoms with Gasteiger partial charge in [-0.15, -0.1) is 0 Å². The Morgan fingerprint density at radius 1 is 1.16 bits per heavy atom. The Bertz CT molecular complexity index is 988. The lowest BCUT2D eigenvalue weighted by Gasteiger charge is -2.13. The van der Waals surface area contributed by atoms with Crippen molar-refractivity contribution >= 4 is 39.9 Å². The van der Waals surface area contributed by atoms with E-state index in [1.807, 2.05) is 0 Å². The highest BCUT2D eigenvalue weighted by atomic mass is 35.5. The number of rotatable bonds is 2. The molecule has 3 rings (SSSR count). The number of hydrogen-bond acceptors (Lipinski definition) is 2. The maximum atomic E-state index is 14.1. The van der Waals surface area contributed by atoms with Crippen molar-refractivity contribution in [3.8, 4) is 5.69 Å². The second-order valence-corrected chi connectivity index (χ2v) is 6.05. The monoisotopic (exact) mass is 390 g/mol. The minimum Gasteiger partial charge on any atom is -0.293 e. The van der Waals surface area contributed by atoms with E-state index in [1.54, 1.807) is 0 Å². The molecule has 0 N–H and O–H groups in total. The van der Waals surface area contributed by atoms with Gasteiger partial charge in [0, 0.05) is 6.92 Å². The molecule has 0 aliphatic heterocycles. The maximum absolute atomic E-state index is 14.1. The number of hydrogen-bond donors (Lipinski definition) is 0. The average Bonchev–Trinajstić information content (AvgIpc) is 2.87. The van der Waals surface area contributed by atoms with Gasteiger partial charge in [-0.2, -0.15) is 18.3 Å². The first-order valence-corrected chi connectivity index (χ1v) is 7.61. The molecular weight excluding hydrogens is 383 g/mol. The summed E-state index contributed by atoms with van der Waals surface area (Å²) in [5.41, 5.74) is -1.10. The first kappa shape index (κ1) is 17.7. The Morgan fingerprint density at radius 3 is 2.28 bits per heavy atom. The van der Waals surface area contributed by atoms with Crippen molar-refractivity contribution in [1.29, 1.82) is 0 Å². The number of nitrogens with zero attached hydrogens (tertiary/aromatic N) is 2. The van der Waals surface area contributed by atoms with E-state index in [0.717, 1.165) is 10.7 Å². The molecule has 1 heterocycles. The fraction of sp³-hybridized carbons (Fsp3) is 0.125. The number of benzene rings is 2. The zero-order valence-corrected chi connectivity index (χ0v) is 14.0. The van der Waals surface area contributed by atoms with E-state index in [4.69, 9.17) is 23.2 Å². The predicted octanol–water partition coefficient (Wildman–Crippen LogP) is 5.69. The van der Waals surface area contributed by atoms with Crippen LogP contribution in [0.1, 0.15) is 23.0 Å². The largest absolute Gasteiger partial charge is 0.416 e. The molecule has 0 atom stereocenters. The molecule has 0 radical (unpaired) electrons. The molecule has 0 unspecified atom stereocenters. The summed E-state index contributed by atoms with van der Waals surface area (Å²) in [5.74, 6) is -1.19. The van der Waals surface area contributed by atoms with Crippen LogP contribution in [0.4, 0.5) is 17.6 Å². The maximum Gasteiger partial charge on any atom is 0.416 e. The SMILES string of the molecule is CC(=O)c1nn(-c2c(Cl)cc(C(F)(F)F)cc2Cl)c2cccc(F)c12. The third-order valence-corrected chi connectivity index (χ3v) is 4.12. The van der Waals surface area contributed by atoms with Crippen LogP contribution in [-0.2, 0) is 6.18 Å². The van der Waals surface area contributed by atoms with Crippen LogP contribution in [0.3, 0.4) is 0 Å². The van der Waals surface area contributed by atoms with Crippen LogP contribution in [0, 0.1) is 5.82 Å². The van der Waals surface area contributed by atoms with E-state index in [1.165, 1.54) is 19.1 Å².